The van der Waals surface area contributed by atoms with Gasteiger partial charge in [0.15, 0.2) is 0 Å². The highest BCUT2D eigenvalue weighted by Crippen LogP contribution is 2.27. The molecule has 34 heavy (non-hydrogen) atoms. The summed E-state index contributed by atoms with van der Waals surface area (Å²) in [5, 5.41) is 7.43. The summed E-state index contributed by atoms with van der Waals surface area (Å²) in [5.41, 5.74) is 6.81. The fourth-order valence-corrected chi connectivity index (χ4v) is 4.37. The second kappa shape index (κ2) is 11.5. The van der Waals surface area contributed by atoms with Crippen LogP contribution in [0, 0.1) is 27.7 Å². The maximum atomic E-state index is 13.0. The van der Waals surface area contributed by atoms with Crippen molar-refractivity contribution in [1.82, 2.24) is 10.6 Å². The molecule has 0 saturated carbocycles. The number of rotatable bonds is 8. The van der Waals surface area contributed by atoms with Gasteiger partial charge in [0.05, 0.1) is 0 Å². The van der Waals surface area contributed by atoms with E-state index in [0.717, 1.165) is 33.4 Å². The zero-order chi connectivity index (χ0) is 24.8. The van der Waals surface area contributed by atoms with E-state index >= 15 is 0 Å². The van der Waals surface area contributed by atoms with Gasteiger partial charge in [0.25, 0.3) is 11.8 Å². The zero-order valence-corrected chi connectivity index (χ0v) is 21.5. The van der Waals surface area contributed by atoms with Crippen molar-refractivity contribution in [2.24, 2.45) is 0 Å². The van der Waals surface area contributed by atoms with Gasteiger partial charge in [-0.1, -0.05) is 47.5 Å². The average Bonchev–Trinajstić information content (AvgIpc) is 2.81. The summed E-state index contributed by atoms with van der Waals surface area (Å²) in [6.07, 6.45) is 1.43. The fourth-order valence-electron chi connectivity index (χ4n) is 4.11. The third kappa shape index (κ3) is 6.19. The minimum Gasteiger partial charge on any atom is -0.352 e. The molecular formula is C28H30Cl2N2O2. The van der Waals surface area contributed by atoms with Gasteiger partial charge in [0.2, 0.25) is 0 Å². The van der Waals surface area contributed by atoms with Crippen molar-refractivity contribution >= 4 is 35.0 Å². The second-order valence-corrected chi connectivity index (χ2v) is 9.39. The summed E-state index contributed by atoms with van der Waals surface area (Å²) in [6, 6.07) is 15.2. The minimum atomic E-state index is -0.120. The van der Waals surface area contributed by atoms with Crippen LogP contribution in [0.2, 0.25) is 10.0 Å². The van der Waals surface area contributed by atoms with Crippen LogP contribution in [0.4, 0.5) is 0 Å². The van der Waals surface area contributed by atoms with Crippen molar-refractivity contribution in [1.29, 1.82) is 0 Å². The molecule has 2 N–H and O–H groups in total. The van der Waals surface area contributed by atoms with Gasteiger partial charge in [0.1, 0.15) is 0 Å². The first-order valence-corrected chi connectivity index (χ1v) is 12.1. The standard InChI is InChI=1S/C28H30Cl2N2O2/c1-17-18(2)26(28(34)32-16-14-22-7-11-24(30)12-8-22)20(4)19(3)25(17)27(33)31-15-13-21-5-9-23(29)10-6-21/h5-12H,13-16H2,1-4H3,(H,31,33)(H,32,34). The molecule has 0 bridgehead atoms. The molecule has 6 heteroatoms. The van der Waals surface area contributed by atoms with E-state index in [1.165, 1.54) is 0 Å². The minimum absolute atomic E-state index is 0.120. The molecule has 0 aliphatic heterocycles. The highest BCUT2D eigenvalue weighted by atomic mass is 35.5. The maximum absolute atomic E-state index is 13.0. The molecule has 3 aromatic carbocycles. The quantitative estimate of drug-likeness (QED) is 0.391. The number of halogens is 2. The van der Waals surface area contributed by atoms with Crippen LogP contribution >= 0.6 is 23.2 Å². The van der Waals surface area contributed by atoms with Crippen LogP contribution in [0.15, 0.2) is 48.5 Å². The number of benzene rings is 3. The SMILES string of the molecule is Cc1c(C)c(C(=O)NCCc2ccc(Cl)cc2)c(C)c(C)c1C(=O)NCCc1ccc(Cl)cc1. The Labute approximate surface area is 211 Å². The Kier molecular flexibility index (Phi) is 8.76. The van der Waals surface area contributed by atoms with Gasteiger partial charge in [-0.25, -0.2) is 0 Å². The van der Waals surface area contributed by atoms with Crippen molar-refractivity contribution in [2.45, 2.75) is 40.5 Å². The molecule has 0 fully saturated rings. The molecule has 0 unspecified atom stereocenters. The Bertz CT molecular complexity index is 1060. The van der Waals surface area contributed by atoms with Gasteiger partial charge in [-0.15, -0.1) is 0 Å². The molecular weight excluding hydrogens is 467 g/mol. The Morgan fingerprint density at radius 1 is 0.588 bits per heavy atom. The van der Waals surface area contributed by atoms with Crippen LogP contribution in [-0.2, 0) is 12.8 Å². The molecule has 3 aromatic rings. The first kappa shape index (κ1) is 25.8. The number of hydrogen-bond donors (Lipinski definition) is 2. The van der Waals surface area contributed by atoms with E-state index in [1.807, 2.05) is 76.2 Å². The molecule has 0 spiro atoms. The zero-order valence-electron chi connectivity index (χ0n) is 20.0. The lowest BCUT2D eigenvalue weighted by Gasteiger charge is -2.20. The van der Waals surface area contributed by atoms with Crippen molar-refractivity contribution in [2.75, 3.05) is 13.1 Å². The summed E-state index contributed by atoms with van der Waals surface area (Å²) in [6.45, 7) is 8.65. The number of carbonyl (C=O) groups is 2. The molecule has 0 radical (unpaired) electrons. The number of hydrogen-bond acceptors (Lipinski definition) is 2. The predicted molar refractivity (Wildman–Crippen MR) is 140 cm³/mol. The molecule has 0 aliphatic rings. The Morgan fingerprint density at radius 3 is 1.18 bits per heavy atom. The molecule has 0 heterocycles. The van der Waals surface area contributed by atoms with Gasteiger partial charge in [-0.3, -0.25) is 9.59 Å². The molecule has 3 rings (SSSR count). The second-order valence-electron chi connectivity index (χ2n) is 8.51. The van der Waals surface area contributed by atoms with E-state index in [-0.39, 0.29) is 11.8 Å². The third-order valence-corrected chi connectivity index (χ3v) is 6.81. The monoisotopic (exact) mass is 496 g/mol. The van der Waals surface area contributed by atoms with E-state index < -0.39 is 0 Å². The van der Waals surface area contributed by atoms with E-state index in [9.17, 15) is 9.59 Å². The van der Waals surface area contributed by atoms with E-state index in [1.54, 1.807) is 0 Å². The molecule has 4 nitrogen and oxygen atoms in total. The van der Waals surface area contributed by atoms with Crippen molar-refractivity contribution in [3.8, 4) is 0 Å². The van der Waals surface area contributed by atoms with E-state index in [4.69, 9.17) is 23.2 Å². The largest absolute Gasteiger partial charge is 0.352 e. The lowest BCUT2D eigenvalue weighted by Crippen LogP contribution is -2.30. The highest BCUT2D eigenvalue weighted by Gasteiger charge is 2.22. The van der Waals surface area contributed by atoms with E-state index in [0.29, 0.717) is 47.1 Å². The van der Waals surface area contributed by atoms with Crippen LogP contribution in [0.3, 0.4) is 0 Å². The van der Waals surface area contributed by atoms with Crippen LogP contribution in [0.25, 0.3) is 0 Å². The highest BCUT2D eigenvalue weighted by molar-refractivity contribution is 6.30. The fraction of sp³-hybridized carbons (Fsp3) is 0.286. The van der Waals surface area contributed by atoms with E-state index in [2.05, 4.69) is 10.6 Å². The lowest BCUT2D eigenvalue weighted by atomic mass is 9.88. The van der Waals surface area contributed by atoms with Gasteiger partial charge >= 0.3 is 0 Å². The number of carbonyl (C=O) groups excluding carboxylic acids is 2. The first-order chi connectivity index (χ1) is 16.2. The summed E-state index contributed by atoms with van der Waals surface area (Å²) >= 11 is 11.9. The Hall–Kier alpha value is -2.82. The lowest BCUT2D eigenvalue weighted by molar-refractivity contribution is 0.0939. The van der Waals surface area contributed by atoms with Gasteiger partial charge in [0, 0.05) is 34.3 Å². The predicted octanol–water partition coefficient (Wildman–Crippen LogP) is 6.17. The molecule has 0 aliphatic carbocycles. The first-order valence-electron chi connectivity index (χ1n) is 11.3. The Balaban J connectivity index is 1.68. The third-order valence-electron chi connectivity index (χ3n) is 6.30. The van der Waals surface area contributed by atoms with Gasteiger partial charge < -0.3 is 10.6 Å². The maximum Gasteiger partial charge on any atom is 0.251 e. The number of amides is 2. The summed E-state index contributed by atoms with van der Waals surface area (Å²) in [7, 11) is 0. The Morgan fingerprint density at radius 2 is 0.882 bits per heavy atom. The van der Waals surface area contributed by atoms with Crippen LogP contribution < -0.4 is 10.6 Å². The molecule has 178 valence electrons. The molecule has 0 atom stereocenters. The van der Waals surface area contributed by atoms with Crippen molar-refractivity contribution in [3.05, 3.63) is 103 Å². The van der Waals surface area contributed by atoms with Gasteiger partial charge in [-0.05, 0) is 98.2 Å². The summed E-state index contributed by atoms with van der Waals surface area (Å²) < 4.78 is 0. The van der Waals surface area contributed by atoms with Crippen molar-refractivity contribution < 1.29 is 9.59 Å². The molecule has 2 amide bonds. The van der Waals surface area contributed by atoms with Crippen LogP contribution in [-0.4, -0.2) is 24.9 Å². The number of nitrogens with one attached hydrogen (secondary N) is 2. The van der Waals surface area contributed by atoms with Crippen LogP contribution in [0.1, 0.15) is 54.1 Å². The smallest absolute Gasteiger partial charge is 0.251 e. The summed E-state index contributed by atoms with van der Waals surface area (Å²) in [4.78, 5) is 26.1. The summed E-state index contributed by atoms with van der Waals surface area (Å²) in [5.74, 6) is -0.241. The molecule has 0 aromatic heterocycles. The molecule has 0 saturated heterocycles. The normalized spacial score (nSPS) is 10.8. The average molecular weight is 497 g/mol. The van der Waals surface area contributed by atoms with Crippen LogP contribution in [0.5, 0.6) is 0 Å². The van der Waals surface area contributed by atoms with Gasteiger partial charge in [-0.2, -0.15) is 0 Å². The topological polar surface area (TPSA) is 58.2 Å². The van der Waals surface area contributed by atoms with Crippen molar-refractivity contribution in [3.63, 3.8) is 0 Å².